The van der Waals surface area contributed by atoms with Crippen LogP contribution in [0, 0.1) is 24.7 Å². The molecule has 4 heteroatoms. The van der Waals surface area contributed by atoms with E-state index in [0.29, 0.717) is 5.54 Å². The summed E-state index contributed by atoms with van der Waals surface area (Å²) in [7, 11) is 0. The Labute approximate surface area is 121 Å². The molecule has 3 nitrogen and oxygen atoms in total. The van der Waals surface area contributed by atoms with Crippen LogP contribution in [0.3, 0.4) is 0 Å². The van der Waals surface area contributed by atoms with Gasteiger partial charge in [-0.05, 0) is 69.3 Å². The molecular formula is C15H22ClN3. The number of aromatic nitrogens is 2. The van der Waals surface area contributed by atoms with Gasteiger partial charge in [0.05, 0.1) is 0 Å². The van der Waals surface area contributed by atoms with Gasteiger partial charge in [0.15, 0.2) is 0 Å². The Kier molecular flexibility index (Phi) is 3.20. The summed E-state index contributed by atoms with van der Waals surface area (Å²) in [5.41, 5.74) is 1.37. The number of aryl methyl sites for hydroxylation is 1. The van der Waals surface area contributed by atoms with Crippen LogP contribution < -0.4 is 5.32 Å². The number of rotatable bonds is 2. The van der Waals surface area contributed by atoms with Gasteiger partial charge in [0.25, 0.3) is 0 Å². The van der Waals surface area contributed by atoms with Crippen molar-refractivity contribution in [3.63, 3.8) is 0 Å². The van der Waals surface area contributed by atoms with Gasteiger partial charge in [0, 0.05) is 17.4 Å². The largest absolute Gasteiger partial charge is 0.349 e. The third-order valence-corrected chi connectivity index (χ3v) is 5.21. The Morgan fingerprint density at radius 2 is 1.68 bits per heavy atom. The normalized spacial score (nSPS) is 38.9. The van der Waals surface area contributed by atoms with Gasteiger partial charge in [-0.1, -0.05) is 0 Å². The van der Waals surface area contributed by atoms with Crippen LogP contribution in [0.5, 0.6) is 0 Å². The smallest absolute Gasteiger partial charge is 0.223 e. The predicted octanol–water partition coefficient (Wildman–Crippen LogP) is 3.59. The number of hydrogen-bond acceptors (Lipinski definition) is 3. The molecule has 0 atom stereocenters. The van der Waals surface area contributed by atoms with Crippen LogP contribution in [0.1, 0.15) is 44.2 Å². The summed E-state index contributed by atoms with van der Waals surface area (Å²) in [6.07, 6.45) is 10.3. The number of nitrogens with zero attached hydrogens (tertiary/aromatic N) is 2. The second kappa shape index (κ2) is 4.62. The van der Waals surface area contributed by atoms with Crippen molar-refractivity contribution in [1.82, 2.24) is 9.97 Å². The molecule has 1 heterocycles. The third-order valence-electron chi connectivity index (χ3n) is 5.21. The monoisotopic (exact) mass is 279 g/mol. The number of halogens is 1. The van der Waals surface area contributed by atoms with Crippen LogP contribution in [-0.4, -0.2) is 15.5 Å². The van der Waals surface area contributed by atoms with Gasteiger partial charge in [-0.15, -0.1) is 12.4 Å². The molecule has 0 aliphatic heterocycles. The van der Waals surface area contributed by atoms with Crippen molar-refractivity contribution in [1.29, 1.82) is 0 Å². The minimum absolute atomic E-state index is 0. The van der Waals surface area contributed by atoms with Gasteiger partial charge in [-0.25, -0.2) is 9.97 Å². The predicted molar refractivity (Wildman–Crippen MR) is 78.5 cm³/mol. The number of nitrogens with one attached hydrogen (secondary N) is 1. The summed E-state index contributed by atoms with van der Waals surface area (Å²) >= 11 is 0. The summed E-state index contributed by atoms with van der Waals surface area (Å²) in [5, 5.41) is 3.71. The van der Waals surface area contributed by atoms with E-state index in [1.165, 1.54) is 38.5 Å². The van der Waals surface area contributed by atoms with Gasteiger partial charge in [0.2, 0.25) is 5.95 Å². The molecule has 1 N–H and O–H groups in total. The fourth-order valence-electron chi connectivity index (χ4n) is 5.01. The molecule has 5 rings (SSSR count). The molecule has 4 aliphatic rings. The molecule has 0 spiro atoms. The molecule has 0 amide bonds. The third kappa shape index (κ3) is 2.33. The molecule has 4 saturated carbocycles. The summed E-state index contributed by atoms with van der Waals surface area (Å²) in [5.74, 6) is 3.74. The first kappa shape index (κ1) is 13.2. The Balaban J connectivity index is 0.00000110. The van der Waals surface area contributed by atoms with Crippen LogP contribution in [0.4, 0.5) is 5.95 Å². The van der Waals surface area contributed by atoms with Crippen LogP contribution in [0.2, 0.25) is 0 Å². The molecule has 4 fully saturated rings. The van der Waals surface area contributed by atoms with Gasteiger partial charge < -0.3 is 5.32 Å². The van der Waals surface area contributed by atoms with Crippen molar-refractivity contribution >= 4 is 18.4 Å². The van der Waals surface area contributed by atoms with E-state index in [-0.39, 0.29) is 12.4 Å². The van der Waals surface area contributed by atoms with E-state index in [1.807, 2.05) is 19.2 Å². The van der Waals surface area contributed by atoms with Gasteiger partial charge >= 0.3 is 0 Å². The van der Waals surface area contributed by atoms with Crippen molar-refractivity contribution in [2.24, 2.45) is 17.8 Å². The average Bonchev–Trinajstić information content (AvgIpc) is 2.25. The van der Waals surface area contributed by atoms with Crippen LogP contribution in [-0.2, 0) is 0 Å². The average molecular weight is 280 g/mol. The van der Waals surface area contributed by atoms with Gasteiger partial charge in [-0.2, -0.15) is 0 Å². The van der Waals surface area contributed by atoms with E-state index in [9.17, 15) is 0 Å². The zero-order valence-electron chi connectivity index (χ0n) is 11.4. The van der Waals surface area contributed by atoms with E-state index >= 15 is 0 Å². The second-order valence-electron chi connectivity index (χ2n) is 6.84. The Hall–Kier alpha value is -0.830. The highest BCUT2D eigenvalue weighted by molar-refractivity contribution is 5.85. The first-order chi connectivity index (χ1) is 8.71. The quantitative estimate of drug-likeness (QED) is 0.899. The first-order valence-electron chi connectivity index (χ1n) is 7.29. The topological polar surface area (TPSA) is 37.8 Å². The second-order valence-corrected chi connectivity index (χ2v) is 6.84. The summed E-state index contributed by atoms with van der Waals surface area (Å²) in [4.78, 5) is 8.92. The summed E-state index contributed by atoms with van der Waals surface area (Å²) in [6, 6.07) is 1.96. The molecule has 4 aliphatic carbocycles. The zero-order valence-corrected chi connectivity index (χ0v) is 12.2. The Morgan fingerprint density at radius 1 is 1.11 bits per heavy atom. The molecule has 1 aromatic rings. The highest BCUT2D eigenvalue weighted by atomic mass is 35.5. The maximum Gasteiger partial charge on any atom is 0.223 e. The lowest BCUT2D eigenvalue weighted by Crippen LogP contribution is -2.55. The summed E-state index contributed by atoms with van der Waals surface area (Å²) in [6.45, 7) is 2.03. The SMILES string of the molecule is Cc1ccnc(NC23CC4CC(CC(C4)C2)C3)n1.Cl. The molecule has 0 aromatic carbocycles. The van der Waals surface area contributed by atoms with E-state index in [1.54, 1.807) is 0 Å². The van der Waals surface area contributed by atoms with Gasteiger partial charge in [0.1, 0.15) is 0 Å². The fourth-order valence-corrected chi connectivity index (χ4v) is 5.01. The fraction of sp³-hybridized carbons (Fsp3) is 0.733. The first-order valence-corrected chi connectivity index (χ1v) is 7.29. The summed E-state index contributed by atoms with van der Waals surface area (Å²) < 4.78 is 0. The van der Waals surface area contributed by atoms with Crippen LogP contribution >= 0.6 is 12.4 Å². The molecule has 104 valence electrons. The van der Waals surface area contributed by atoms with Gasteiger partial charge in [-0.3, -0.25) is 0 Å². The Bertz CT molecular complexity index is 439. The van der Waals surface area contributed by atoms with Crippen LogP contribution in [0.15, 0.2) is 12.3 Å². The lowest BCUT2D eigenvalue weighted by molar-refractivity contribution is 0.0103. The lowest BCUT2D eigenvalue weighted by Gasteiger charge is -2.56. The maximum absolute atomic E-state index is 4.53. The zero-order chi connectivity index (χ0) is 12.2. The molecular weight excluding hydrogens is 258 g/mol. The molecule has 4 bridgehead atoms. The van der Waals surface area contributed by atoms with Crippen molar-refractivity contribution in [3.8, 4) is 0 Å². The van der Waals surface area contributed by atoms with E-state index in [4.69, 9.17) is 0 Å². The van der Waals surface area contributed by atoms with Crippen molar-refractivity contribution in [3.05, 3.63) is 18.0 Å². The van der Waals surface area contributed by atoms with E-state index < -0.39 is 0 Å². The van der Waals surface area contributed by atoms with E-state index in [0.717, 1.165) is 29.4 Å². The molecule has 0 radical (unpaired) electrons. The minimum Gasteiger partial charge on any atom is -0.349 e. The van der Waals surface area contributed by atoms with Crippen LogP contribution in [0.25, 0.3) is 0 Å². The molecule has 1 aromatic heterocycles. The maximum atomic E-state index is 4.53. The van der Waals surface area contributed by atoms with E-state index in [2.05, 4.69) is 15.3 Å². The van der Waals surface area contributed by atoms with Crippen molar-refractivity contribution in [2.45, 2.75) is 51.0 Å². The van der Waals surface area contributed by atoms with Crippen molar-refractivity contribution in [2.75, 3.05) is 5.32 Å². The number of hydrogen-bond donors (Lipinski definition) is 1. The standard InChI is InChI=1S/C15H21N3.ClH/c1-10-2-3-16-14(17-10)18-15-7-11-4-12(8-15)6-13(5-11)9-15;/h2-3,11-13H,4-9H2,1H3,(H,16,17,18);1H. The molecule has 19 heavy (non-hydrogen) atoms. The highest BCUT2D eigenvalue weighted by Gasteiger charge is 2.51. The highest BCUT2D eigenvalue weighted by Crippen LogP contribution is 2.56. The molecule has 0 saturated heterocycles. The molecule has 0 unspecified atom stereocenters. The lowest BCUT2D eigenvalue weighted by atomic mass is 9.53. The Morgan fingerprint density at radius 3 is 2.21 bits per heavy atom. The van der Waals surface area contributed by atoms with Crippen molar-refractivity contribution < 1.29 is 0 Å². The number of anilines is 1. The minimum atomic E-state index is 0.